The largest absolute Gasteiger partial charge is 0.443 e. The number of amides is 1. The van der Waals surface area contributed by atoms with E-state index in [1.807, 2.05) is 0 Å². The van der Waals surface area contributed by atoms with Crippen LogP contribution in [-0.2, 0) is 17.1 Å². The Morgan fingerprint density at radius 1 is 0.931 bits per heavy atom. The molecule has 0 N–H and O–H groups in total. The average molecular weight is 420 g/mol. The zero-order valence-corrected chi connectivity index (χ0v) is 15.9. The van der Waals surface area contributed by atoms with Crippen molar-refractivity contribution >= 4 is 17.6 Å². The summed E-state index contributed by atoms with van der Waals surface area (Å²) in [5.74, 6) is -0.174. The summed E-state index contributed by atoms with van der Waals surface area (Å²) in [6.45, 7) is 6.17. The molecular formula is C19H18F6N2O2. The van der Waals surface area contributed by atoms with Crippen molar-refractivity contribution in [2.75, 3.05) is 4.90 Å². The lowest BCUT2D eigenvalue weighted by Crippen LogP contribution is -2.34. The maximum absolute atomic E-state index is 13.2. The van der Waals surface area contributed by atoms with Crippen LogP contribution in [0.25, 0.3) is 0 Å². The number of anilines is 2. The van der Waals surface area contributed by atoms with Gasteiger partial charge in [0.15, 0.2) is 0 Å². The standard InChI is InChI=1S/C19H18F6N2O2/c1-11-5-6-26-15(7-11)27(16(28)29-17(2,3)4)14-9-12(18(20,21)22)8-13(10-14)19(23,24)25/h5-10H,1-4H3. The van der Waals surface area contributed by atoms with Crippen LogP contribution in [0.5, 0.6) is 0 Å². The van der Waals surface area contributed by atoms with Crippen LogP contribution in [0.2, 0.25) is 0 Å². The molecule has 29 heavy (non-hydrogen) atoms. The van der Waals surface area contributed by atoms with E-state index in [-0.39, 0.29) is 11.9 Å². The minimum Gasteiger partial charge on any atom is -0.443 e. The fourth-order valence-corrected chi connectivity index (χ4v) is 2.35. The first kappa shape index (κ1) is 22.5. The summed E-state index contributed by atoms with van der Waals surface area (Å²) in [6, 6.07) is 3.79. The number of rotatable bonds is 2. The normalized spacial score (nSPS) is 12.6. The molecule has 2 rings (SSSR count). The number of nitrogens with zero attached hydrogens (tertiary/aromatic N) is 2. The molecule has 0 aliphatic carbocycles. The molecule has 2 aromatic rings. The lowest BCUT2D eigenvalue weighted by Gasteiger charge is -2.28. The van der Waals surface area contributed by atoms with Crippen molar-refractivity contribution in [3.8, 4) is 0 Å². The van der Waals surface area contributed by atoms with E-state index < -0.39 is 40.9 Å². The molecule has 0 aliphatic heterocycles. The summed E-state index contributed by atoms with van der Waals surface area (Å²) >= 11 is 0. The van der Waals surface area contributed by atoms with Gasteiger partial charge in [0, 0.05) is 6.20 Å². The maximum Gasteiger partial charge on any atom is 0.420 e. The first-order valence-electron chi connectivity index (χ1n) is 8.33. The first-order valence-corrected chi connectivity index (χ1v) is 8.33. The molecule has 0 radical (unpaired) electrons. The zero-order valence-electron chi connectivity index (χ0n) is 15.9. The summed E-state index contributed by atoms with van der Waals surface area (Å²) in [7, 11) is 0. The molecule has 0 bridgehead atoms. The van der Waals surface area contributed by atoms with Gasteiger partial charge >= 0.3 is 18.4 Å². The molecule has 4 nitrogen and oxygen atoms in total. The predicted octanol–water partition coefficient (Wildman–Crippen LogP) is 6.50. The third kappa shape index (κ3) is 5.85. The molecule has 10 heteroatoms. The highest BCUT2D eigenvalue weighted by atomic mass is 19.4. The van der Waals surface area contributed by atoms with E-state index in [2.05, 4.69) is 4.98 Å². The molecule has 1 aromatic carbocycles. The maximum atomic E-state index is 13.2. The van der Waals surface area contributed by atoms with E-state index in [1.54, 1.807) is 13.0 Å². The Kier molecular flexibility index (Phi) is 5.87. The van der Waals surface area contributed by atoms with Crippen molar-refractivity contribution in [1.29, 1.82) is 0 Å². The van der Waals surface area contributed by atoms with Crippen molar-refractivity contribution in [3.63, 3.8) is 0 Å². The van der Waals surface area contributed by atoms with E-state index in [0.29, 0.717) is 22.6 Å². The Bertz CT molecular complexity index is 869. The summed E-state index contributed by atoms with van der Waals surface area (Å²) in [4.78, 5) is 17.2. The van der Waals surface area contributed by atoms with Gasteiger partial charge in [-0.15, -0.1) is 0 Å². The fourth-order valence-electron chi connectivity index (χ4n) is 2.35. The Balaban J connectivity index is 2.74. The van der Waals surface area contributed by atoms with Crippen LogP contribution in [0.15, 0.2) is 36.5 Å². The van der Waals surface area contributed by atoms with Crippen molar-refractivity contribution in [2.24, 2.45) is 0 Å². The van der Waals surface area contributed by atoms with Gasteiger partial charge in [0.1, 0.15) is 11.4 Å². The topological polar surface area (TPSA) is 42.4 Å². The minimum absolute atomic E-state index is 0.0134. The average Bonchev–Trinajstić information content (AvgIpc) is 2.51. The molecule has 1 amide bonds. The van der Waals surface area contributed by atoms with E-state index in [4.69, 9.17) is 4.74 Å². The number of carbonyl (C=O) groups excluding carboxylic acids is 1. The highest BCUT2D eigenvalue weighted by Gasteiger charge is 2.38. The summed E-state index contributed by atoms with van der Waals surface area (Å²) in [5, 5.41) is 0. The quantitative estimate of drug-likeness (QED) is 0.521. The third-order valence-electron chi connectivity index (χ3n) is 3.54. The number of pyridine rings is 1. The van der Waals surface area contributed by atoms with Gasteiger partial charge in [-0.2, -0.15) is 26.3 Å². The number of aryl methyl sites for hydroxylation is 1. The monoisotopic (exact) mass is 420 g/mol. The molecule has 0 unspecified atom stereocenters. The molecule has 0 aliphatic rings. The van der Waals surface area contributed by atoms with E-state index >= 15 is 0 Å². The zero-order chi connectivity index (χ0) is 22.2. The Labute approximate surface area is 163 Å². The van der Waals surface area contributed by atoms with Gasteiger partial charge in [-0.05, 0) is 63.6 Å². The molecule has 0 saturated heterocycles. The summed E-state index contributed by atoms with van der Waals surface area (Å²) in [6.07, 6.45) is -10.0. The Morgan fingerprint density at radius 3 is 1.86 bits per heavy atom. The van der Waals surface area contributed by atoms with Gasteiger partial charge in [0.2, 0.25) is 0 Å². The second-order valence-corrected chi connectivity index (χ2v) is 7.27. The minimum atomic E-state index is -5.06. The molecule has 0 fully saturated rings. The molecule has 0 spiro atoms. The summed E-state index contributed by atoms with van der Waals surface area (Å²) < 4.78 is 84.5. The van der Waals surface area contributed by atoms with Crippen molar-refractivity contribution in [2.45, 2.75) is 45.6 Å². The molecular weight excluding hydrogens is 402 g/mol. The van der Waals surface area contributed by atoms with Gasteiger partial charge in [-0.1, -0.05) is 0 Å². The van der Waals surface area contributed by atoms with Crippen LogP contribution in [0.1, 0.15) is 37.5 Å². The Hall–Kier alpha value is -2.78. The summed E-state index contributed by atoms with van der Waals surface area (Å²) in [5.41, 5.74) is -4.23. The lowest BCUT2D eigenvalue weighted by molar-refractivity contribution is -0.143. The molecule has 0 atom stereocenters. The number of halogens is 6. The van der Waals surface area contributed by atoms with Crippen LogP contribution < -0.4 is 4.90 Å². The van der Waals surface area contributed by atoms with E-state index in [0.717, 1.165) is 0 Å². The SMILES string of the molecule is Cc1ccnc(N(C(=O)OC(C)(C)C)c2cc(C(F)(F)F)cc(C(F)(F)F)c2)c1. The molecule has 1 heterocycles. The molecule has 1 aromatic heterocycles. The first-order chi connectivity index (χ1) is 13.1. The predicted molar refractivity (Wildman–Crippen MR) is 93.8 cm³/mol. The van der Waals surface area contributed by atoms with Gasteiger partial charge < -0.3 is 4.74 Å². The van der Waals surface area contributed by atoms with E-state index in [1.165, 1.54) is 33.0 Å². The van der Waals surface area contributed by atoms with Crippen LogP contribution in [0.4, 0.5) is 42.6 Å². The second kappa shape index (κ2) is 7.57. The van der Waals surface area contributed by atoms with Gasteiger partial charge in [0.25, 0.3) is 0 Å². The van der Waals surface area contributed by atoms with Gasteiger partial charge in [0.05, 0.1) is 16.8 Å². The van der Waals surface area contributed by atoms with E-state index in [9.17, 15) is 31.1 Å². The van der Waals surface area contributed by atoms with Gasteiger partial charge in [-0.25, -0.2) is 14.7 Å². The van der Waals surface area contributed by atoms with Crippen molar-refractivity contribution in [1.82, 2.24) is 4.98 Å². The number of aromatic nitrogens is 1. The van der Waals surface area contributed by atoms with Crippen molar-refractivity contribution in [3.05, 3.63) is 53.2 Å². The second-order valence-electron chi connectivity index (χ2n) is 7.27. The van der Waals surface area contributed by atoms with Crippen molar-refractivity contribution < 1.29 is 35.9 Å². The van der Waals surface area contributed by atoms with Crippen LogP contribution >= 0.6 is 0 Å². The number of hydrogen-bond acceptors (Lipinski definition) is 3. The number of benzene rings is 1. The number of ether oxygens (including phenoxy) is 1. The lowest BCUT2D eigenvalue weighted by atomic mass is 10.1. The molecule has 0 saturated carbocycles. The van der Waals surface area contributed by atoms with Crippen LogP contribution in [0, 0.1) is 6.92 Å². The fraction of sp³-hybridized carbons (Fsp3) is 0.368. The van der Waals surface area contributed by atoms with Crippen LogP contribution in [0.3, 0.4) is 0 Å². The third-order valence-corrected chi connectivity index (χ3v) is 3.54. The number of carbonyl (C=O) groups is 1. The van der Waals surface area contributed by atoms with Crippen LogP contribution in [-0.4, -0.2) is 16.7 Å². The van der Waals surface area contributed by atoms with Gasteiger partial charge in [-0.3, -0.25) is 0 Å². The highest BCUT2D eigenvalue weighted by molar-refractivity contribution is 5.95. The smallest absolute Gasteiger partial charge is 0.420 e. The number of alkyl halides is 6. The highest BCUT2D eigenvalue weighted by Crippen LogP contribution is 2.40. The molecule has 158 valence electrons. The Morgan fingerprint density at radius 2 is 1.45 bits per heavy atom. The number of hydrogen-bond donors (Lipinski definition) is 0.